The van der Waals surface area contributed by atoms with Gasteiger partial charge in [0.15, 0.2) is 0 Å². The van der Waals surface area contributed by atoms with E-state index in [2.05, 4.69) is 10.0 Å². The minimum absolute atomic E-state index is 0.0623. The smallest absolute Gasteiger partial charge is 0.250 e. The van der Waals surface area contributed by atoms with Gasteiger partial charge in [0, 0.05) is 17.8 Å². The zero-order valence-electron chi connectivity index (χ0n) is 11.8. The maximum atomic E-state index is 13.0. The molecule has 1 aromatic rings. The number of rotatable bonds is 4. The lowest BCUT2D eigenvalue weighted by Gasteiger charge is -2.32. The lowest BCUT2D eigenvalue weighted by Crippen LogP contribution is -2.51. The molecular weight excluding hydrogens is 304 g/mol. The fraction of sp³-hybridized carbons (Fsp3) is 0.467. The molecule has 2 N–H and O–H groups in total. The number of benzene rings is 1. The molecule has 0 radical (unpaired) electrons. The quantitative estimate of drug-likeness (QED) is 0.894. The van der Waals surface area contributed by atoms with Crippen LogP contribution in [0.2, 0.25) is 0 Å². The second-order valence-corrected chi connectivity index (χ2v) is 8.74. The van der Waals surface area contributed by atoms with E-state index in [-0.39, 0.29) is 6.04 Å². The van der Waals surface area contributed by atoms with Crippen LogP contribution in [0.25, 0.3) is 0 Å². The molecule has 0 amide bonds. The first-order valence-corrected chi connectivity index (χ1v) is 9.68. The predicted octanol–water partition coefficient (Wildman–Crippen LogP) is 2.86. The molecule has 0 bridgehead atoms. The Balaban J connectivity index is 1.89. The first-order valence-electron chi connectivity index (χ1n) is 7.32. The summed E-state index contributed by atoms with van der Waals surface area (Å²) in [6.45, 7) is 0. The van der Waals surface area contributed by atoms with Gasteiger partial charge >= 0.3 is 0 Å². The molecule has 2 aliphatic rings. The second-order valence-electron chi connectivity index (χ2n) is 5.50. The van der Waals surface area contributed by atoms with E-state index in [0.29, 0.717) is 0 Å². The fourth-order valence-corrected chi connectivity index (χ4v) is 6.00. The monoisotopic (exact) mass is 324 g/mol. The molecule has 6 heteroatoms. The normalized spacial score (nSPS) is 26.7. The molecule has 1 unspecified atom stereocenters. The number of sulfonamides is 1. The van der Waals surface area contributed by atoms with Crippen molar-refractivity contribution < 1.29 is 8.42 Å². The lowest BCUT2D eigenvalue weighted by molar-refractivity contribution is 0.408. The summed E-state index contributed by atoms with van der Waals surface area (Å²) in [6, 6.07) is 9.40. The van der Waals surface area contributed by atoms with Gasteiger partial charge in [0.2, 0.25) is 4.20 Å². The average molecular weight is 324 g/mol. The third kappa shape index (κ3) is 2.84. The van der Waals surface area contributed by atoms with E-state index < -0.39 is 14.2 Å². The summed E-state index contributed by atoms with van der Waals surface area (Å²) < 4.78 is 27.8. The Morgan fingerprint density at radius 1 is 1.14 bits per heavy atom. The molecule has 1 saturated carbocycles. The van der Waals surface area contributed by atoms with Gasteiger partial charge in [0.05, 0.1) is 0 Å². The Labute approximate surface area is 130 Å². The highest BCUT2D eigenvalue weighted by Crippen LogP contribution is 2.43. The van der Waals surface area contributed by atoms with E-state index in [1.54, 1.807) is 11.6 Å². The third-order valence-electron chi connectivity index (χ3n) is 4.03. The topological polar surface area (TPSA) is 58.2 Å². The van der Waals surface area contributed by atoms with Gasteiger partial charge in [-0.3, -0.25) is 0 Å². The van der Waals surface area contributed by atoms with E-state index in [0.717, 1.165) is 31.2 Å². The SMILES string of the molecule is O=S(=O)(NC1CCCCC1)C1(c2ccccc2)NC=CS1. The molecule has 0 aromatic heterocycles. The van der Waals surface area contributed by atoms with Crippen LogP contribution in [-0.4, -0.2) is 14.5 Å². The van der Waals surface area contributed by atoms with Gasteiger partial charge in [0.25, 0.3) is 10.0 Å². The van der Waals surface area contributed by atoms with E-state index in [4.69, 9.17) is 0 Å². The van der Waals surface area contributed by atoms with Gasteiger partial charge < -0.3 is 5.32 Å². The minimum Gasteiger partial charge on any atom is -0.359 e. The molecule has 1 aliphatic heterocycles. The number of nitrogens with one attached hydrogen (secondary N) is 2. The number of thioether (sulfide) groups is 1. The van der Waals surface area contributed by atoms with Crippen molar-refractivity contribution in [2.24, 2.45) is 0 Å². The van der Waals surface area contributed by atoms with Crippen LogP contribution < -0.4 is 10.0 Å². The Hall–Kier alpha value is -0.980. The number of hydrogen-bond acceptors (Lipinski definition) is 4. The maximum Gasteiger partial charge on any atom is 0.250 e. The standard InChI is InChI=1S/C15H20N2O2S2/c18-21(19,17-14-9-5-2-6-10-14)15(16-11-12-20-15)13-7-3-1-4-8-13/h1,3-4,7-8,11-12,14,16-17H,2,5-6,9-10H2. The summed E-state index contributed by atoms with van der Waals surface area (Å²) in [7, 11) is -3.53. The summed E-state index contributed by atoms with van der Waals surface area (Å²) in [4.78, 5) is 0. The predicted molar refractivity (Wildman–Crippen MR) is 86.9 cm³/mol. The zero-order chi connectivity index (χ0) is 14.8. The van der Waals surface area contributed by atoms with Crippen molar-refractivity contribution >= 4 is 21.8 Å². The Morgan fingerprint density at radius 2 is 1.86 bits per heavy atom. The van der Waals surface area contributed by atoms with Crippen LogP contribution in [0.3, 0.4) is 0 Å². The Kier molecular flexibility index (Phi) is 4.28. The molecule has 3 rings (SSSR count). The molecule has 4 nitrogen and oxygen atoms in total. The van der Waals surface area contributed by atoms with Crippen LogP contribution in [0.4, 0.5) is 0 Å². The molecule has 1 atom stereocenters. The van der Waals surface area contributed by atoms with Crippen molar-refractivity contribution in [1.82, 2.24) is 10.0 Å². The highest BCUT2D eigenvalue weighted by Gasteiger charge is 2.48. The number of hydrogen-bond donors (Lipinski definition) is 2. The van der Waals surface area contributed by atoms with Crippen molar-refractivity contribution in [2.75, 3.05) is 0 Å². The highest BCUT2D eigenvalue weighted by molar-refractivity contribution is 8.15. The van der Waals surface area contributed by atoms with Crippen molar-refractivity contribution in [1.29, 1.82) is 0 Å². The first kappa shape index (κ1) is 14.9. The van der Waals surface area contributed by atoms with Crippen molar-refractivity contribution in [3.05, 3.63) is 47.5 Å². The van der Waals surface area contributed by atoms with Gasteiger partial charge in [-0.1, -0.05) is 61.4 Å². The van der Waals surface area contributed by atoms with E-state index in [9.17, 15) is 8.42 Å². The van der Waals surface area contributed by atoms with E-state index in [1.807, 2.05) is 30.3 Å². The Bertz CT molecular complexity index is 600. The summed E-state index contributed by atoms with van der Waals surface area (Å²) in [5.41, 5.74) is 0.753. The molecule has 1 aliphatic carbocycles. The molecule has 114 valence electrons. The summed E-state index contributed by atoms with van der Waals surface area (Å²) in [5.74, 6) is 0. The summed E-state index contributed by atoms with van der Waals surface area (Å²) in [5, 5.41) is 4.85. The van der Waals surface area contributed by atoms with E-state index >= 15 is 0 Å². The van der Waals surface area contributed by atoms with Crippen molar-refractivity contribution in [3.63, 3.8) is 0 Å². The van der Waals surface area contributed by atoms with Gasteiger partial charge in [-0.05, 0) is 18.2 Å². The lowest BCUT2D eigenvalue weighted by atomic mass is 9.96. The summed E-state index contributed by atoms with van der Waals surface area (Å²) >= 11 is 1.30. The van der Waals surface area contributed by atoms with Crippen LogP contribution in [0, 0.1) is 0 Å². The Morgan fingerprint density at radius 3 is 2.48 bits per heavy atom. The van der Waals surface area contributed by atoms with Crippen LogP contribution in [0.5, 0.6) is 0 Å². The molecule has 0 saturated heterocycles. The van der Waals surface area contributed by atoms with Crippen molar-refractivity contribution in [3.8, 4) is 0 Å². The van der Waals surface area contributed by atoms with Gasteiger partial charge in [0.1, 0.15) is 0 Å². The van der Waals surface area contributed by atoms with Gasteiger partial charge in [-0.15, -0.1) is 0 Å². The highest BCUT2D eigenvalue weighted by atomic mass is 32.3. The molecule has 1 heterocycles. The van der Waals surface area contributed by atoms with Gasteiger partial charge in [-0.2, -0.15) is 0 Å². The minimum atomic E-state index is -3.53. The maximum absolute atomic E-state index is 13.0. The van der Waals surface area contributed by atoms with E-state index in [1.165, 1.54) is 18.2 Å². The second kappa shape index (κ2) is 6.02. The fourth-order valence-electron chi connectivity index (χ4n) is 2.94. The average Bonchev–Trinajstić information content (AvgIpc) is 3.00. The van der Waals surface area contributed by atoms with Crippen LogP contribution >= 0.6 is 11.8 Å². The largest absolute Gasteiger partial charge is 0.359 e. The van der Waals surface area contributed by atoms with Crippen LogP contribution in [0.15, 0.2) is 41.9 Å². The zero-order valence-corrected chi connectivity index (χ0v) is 13.4. The van der Waals surface area contributed by atoms with Crippen LogP contribution in [0.1, 0.15) is 37.7 Å². The molecule has 1 fully saturated rings. The third-order valence-corrected chi connectivity index (χ3v) is 7.69. The molecular formula is C15H20N2O2S2. The van der Waals surface area contributed by atoms with Crippen LogP contribution in [-0.2, 0) is 14.2 Å². The van der Waals surface area contributed by atoms with Crippen molar-refractivity contribution in [2.45, 2.75) is 42.3 Å². The van der Waals surface area contributed by atoms with Gasteiger partial charge in [-0.25, -0.2) is 13.1 Å². The summed E-state index contributed by atoms with van der Waals surface area (Å²) in [6.07, 6.45) is 6.98. The molecule has 0 spiro atoms. The molecule has 1 aromatic carbocycles. The first-order chi connectivity index (χ1) is 10.1. The molecule has 21 heavy (non-hydrogen) atoms.